The average molecular weight is 1330 g/mol. The summed E-state index contributed by atoms with van der Waals surface area (Å²) >= 11 is 2.63. The summed E-state index contributed by atoms with van der Waals surface area (Å²) in [5, 5.41) is 21.0. The first-order valence-electron chi connectivity index (χ1n) is 33.5. The fourth-order valence-electron chi connectivity index (χ4n) is 9.76. The number of ether oxygens (including phenoxy) is 4. The molecule has 0 spiro atoms. The first-order chi connectivity index (χ1) is 43.6. The molecule has 2 aromatic rings. The number of Topliss-reactive ketones (excluding diaryl/α,β-unsaturated/α-hetero) is 1. The van der Waals surface area contributed by atoms with Crippen LogP contribution in [0.2, 0.25) is 0 Å². The Morgan fingerprint density at radius 1 is 0.544 bits per heavy atom. The number of allylic oxidation sites excluding steroid dienone is 12. The number of rotatable bonds is 47. The summed E-state index contributed by atoms with van der Waals surface area (Å²) in [6, 6.07) is 15.6. The third-order valence-electron chi connectivity index (χ3n) is 15.1. The minimum absolute atomic E-state index is 0.0438. The molecular formula is C73H116O13S4. The molecule has 13 nitrogen and oxygen atoms in total. The van der Waals surface area contributed by atoms with E-state index >= 15 is 0 Å². The normalized spacial score (nSPS) is 15.9. The minimum Gasteiger partial charge on any atom is -0.391 e. The van der Waals surface area contributed by atoms with Crippen molar-refractivity contribution in [2.45, 2.75) is 264 Å². The molecule has 2 aliphatic heterocycles. The van der Waals surface area contributed by atoms with E-state index in [4.69, 9.17) is 18.9 Å². The van der Waals surface area contributed by atoms with Crippen LogP contribution in [0, 0.1) is 6.92 Å². The van der Waals surface area contributed by atoms with Gasteiger partial charge in [-0.25, -0.2) is 16.8 Å². The van der Waals surface area contributed by atoms with Gasteiger partial charge < -0.3 is 38.7 Å². The zero-order chi connectivity index (χ0) is 66.2. The molecule has 2 heterocycles. The van der Waals surface area contributed by atoms with Gasteiger partial charge in [-0.15, -0.1) is 23.5 Å². The van der Waals surface area contributed by atoms with Crippen molar-refractivity contribution in [3.63, 3.8) is 0 Å². The second-order valence-corrected chi connectivity index (χ2v) is 29.5. The molecule has 2 saturated heterocycles. The van der Waals surface area contributed by atoms with E-state index in [0.717, 1.165) is 160 Å². The predicted octanol–water partition coefficient (Wildman–Crippen LogP) is 17.5. The molecule has 0 amide bonds. The standard InChI is InChI=1S/C27H42O5S2.C18H30O3.C17H24O2S2.C11H20O3/c1-3-4-5-6-10-16-21-27(33-2,34(29,30)24-17-12-11-13-18-24)25(28)19-14-8-7-9-15-20-26-31-22-23-32-26;1-2-3-4-5-8-11-14-17(20)18(21)15-12-9-6-7-10-13-16-19;1-4-5-6-7-8-9-10-17(20-3)21(18,19)16-13-11-15(2)12-14-16;12-8-6-4-2-1-3-5-7-11-13-9-10-14-11/h4-5,10-13,16-18,25-26,28H,3,6-9,14-15,19-23H2,1-2H3;3-4,8,11,16,18,21H,2,5-7,9-10,12-15H2,1H3;5-6,8-9,11-14,17H,4,7,10H2,1-3H3;8,11H,1-7,9-10H2/b5-4-,16-10-;4-3-,11-8-;6-5-,9-8-;. The van der Waals surface area contributed by atoms with Crippen molar-refractivity contribution in [3.8, 4) is 0 Å². The summed E-state index contributed by atoms with van der Waals surface area (Å²) < 4.78 is 72.5. The number of aldehydes is 2. The Morgan fingerprint density at radius 3 is 1.44 bits per heavy atom. The first kappa shape index (κ1) is 84.3. The van der Waals surface area contributed by atoms with Gasteiger partial charge in [0.15, 0.2) is 42.1 Å². The Balaban J connectivity index is 0.000000632. The molecule has 4 rings (SSSR count). The number of unbranched alkanes of at least 4 members (excludes halogenated alkanes) is 14. The summed E-state index contributed by atoms with van der Waals surface area (Å²) in [5.41, 5.74) is 1.07. The largest absolute Gasteiger partial charge is 0.391 e. The second kappa shape index (κ2) is 55.7. The van der Waals surface area contributed by atoms with Crippen LogP contribution in [0.5, 0.6) is 0 Å². The number of aliphatic hydroxyl groups is 2. The molecule has 2 fully saturated rings. The molecule has 2 aromatic carbocycles. The van der Waals surface area contributed by atoms with Crippen LogP contribution < -0.4 is 0 Å². The number of aliphatic hydroxyl groups excluding tert-OH is 2. The molecule has 0 bridgehead atoms. The first-order valence-corrected chi connectivity index (χ1v) is 39.0. The van der Waals surface area contributed by atoms with Gasteiger partial charge in [-0.1, -0.05) is 200 Å². The van der Waals surface area contributed by atoms with Gasteiger partial charge in [-0.2, -0.15) is 0 Å². The van der Waals surface area contributed by atoms with Gasteiger partial charge in [0.1, 0.15) is 23.3 Å². The highest BCUT2D eigenvalue weighted by Crippen LogP contribution is 2.43. The Morgan fingerprint density at radius 2 is 0.978 bits per heavy atom. The third-order valence-corrected chi connectivity index (χ3v) is 23.5. The lowest BCUT2D eigenvalue weighted by molar-refractivity contribution is -0.126. The smallest absolute Gasteiger partial charge is 0.196 e. The SMILES string of the molecule is CC/C=C\C/C=C\CC(=O)C(O)CCCCCCCC=O.CC/C=C\C/C=C\CC(SC)(C(O)CCCCCCCC1OCCO1)S(=O)(=O)c1ccccc1.CC/C=C\C/C=C\CC(SC)S(=O)(=O)c1ccc(C)cc1.O=CCCCCCCCC1OCCO1. The second-order valence-electron chi connectivity index (χ2n) is 22.5. The van der Waals surface area contributed by atoms with E-state index in [1.807, 2.05) is 61.8 Å². The highest BCUT2D eigenvalue weighted by molar-refractivity contribution is 8.14. The van der Waals surface area contributed by atoms with Crippen LogP contribution in [-0.4, -0.2) is 118 Å². The highest BCUT2D eigenvalue weighted by Gasteiger charge is 2.49. The van der Waals surface area contributed by atoms with E-state index in [1.165, 1.54) is 49.2 Å². The third kappa shape index (κ3) is 38.4. The number of carbonyl (C=O) groups is 3. The van der Waals surface area contributed by atoms with Crippen LogP contribution >= 0.6 is 23.5 Å². The van der Waals surface area contributed by atoms with E-state index < -0.39 is 40.5 Å². The Hall–Kier alpha value is -3.75. The van der Waals surface area contributed by atoms with Crippen molar-refractivity contribution in [2.75, 3.05) is 38.9 Å². The fraction of sp³-hybridized carbons (Fsp3) is 0.630. The maximum Gasteiger partial charge on any atom is 0.196 e. The van der Waals surface area contributed by atoms with Crippen molar-refractivity contribution in [2.24, 2.45) is 0 Å². The van der Waals surface area contributed by atoms with Crippen LogP contribution in [0.1, 0.15) is 219 Å². The zero-order valence-corrected chi connectivity index (χ0v) is 59.0. The maximum absolute atomic E-state index is 13.7. The highest BCUT2D eigenvalue weighted by atomic mass is 32.3. The minimum atomic E-state index is -3.75. The lowest BCUT2D eigenvalue weighted by Gasteiger charge is -2.35. The summed E-state index contributed by atoms with van der Waals surface area (Å²) in [6.07, 6.45) is 54.8. The topological polar surface area (TPSA) is 197 Å². The summed E-state index contributed by atoms with van der Waals surface area (Å²) in [5.74, 6) is -0.0910. The van der Waals surface area contributed by atoms with Gasteiger partial charge in [0.25, 0.3) is 0 Å². The number of ketones is 1. The van der Waals surface area contributed by atoms with Crippen molar-refractivity contribution in [1.82, 2.24) is 0 Å². The van der Waals surface area contributed by atoms with Crippen LogP contribution in [0.15, 0.2) is 137 Å². The van der Waals surface area contributed by atoms with Gasteiger partial charge in [0, 0.05) is 19.3 Å². The molecule has 2 aliphatic rings. The number of thioether (sulfide) groups is 2. The van der Waals surface area contributed by atoms with Gasteiger partial charge >= 0.3 is 0 Å². The average Bonchev–Trinajstić information content (AvgIpc) is 0.958. The van der Waals surface area contributed by atoms with Crippen molar-refractivity contribution >= 4 is 61.6 Å². The monoisotopic (exact) mass is 1330 g/mol. The van der Waals surface area contributed by atoms with Crippen molar-refractivity contribution < 1.29 is 60.4 Å². The quantitative estimate of drug-likeness (QED) is 0.0360. The van der Waals surface area contributed by atoms with Gasteiger partial charge in [-0.3, -0.25) is 4.79 Å². The number of hydrogen-bond acceptors (Lipinski definition) is 15. The van der Waals surface area contributed by atoms with Crippen LogP contribution in [0.3, 0.4) is 0 Å². The van der Waals surface area contributed by atoms with Gasteiger partial charge in [-0.05, 0) is 146 Å². The summed E-state index contributed by atoms with van der Waals surface area (Å²) in [4.78, 5) is 32.5. The van der Waals surface area contributed by atoms with Crippen LogP contribution in [0.4, 0.5) is 0 Å². The molecule has 0 radical (unpaired) electrons. The van der Waals surface area contributed by atoms with Crippen molar-refractivity contribution in [1.29, 1.82) is 0 Å². The zero-order valence-electron chi connectivity index (χ0n) is 55.7. The molecule has 0 saturated carbocycles. The molecule has 17 heteroatoms. The van der Waals surface area contributed by atoms with E-state index in [0.29, 0.717) is 50.2 Å². The molecular weight excluding hydrogens is 1210 g/mol. The number of hydrogen-bond donors (Lipinski definition) is 2. The molecule has 4 atom stereocenters. The van der Waals surface area contributed by atoms with E-state index in [9.17, 15) is 41.4 Å². The molecule has 2 N–H and O–H groups in total. The van der Waals surface area contributed by atoms with Crippen LogP contribution in [0.25, 0.3) is 0 Å². The number of carbonyl (C=O) groups excluding carboxylic acids is 3. The Labute approximate surface area is 554 Å². The summed E-state index contributed by atoms with van der Waals surface area (Å²) in [7, 11) is -7.03. The lowest BCUT2D eigenvalue weighted by atomic mass is 10.0. The number of aryl methyl sites for hydroxylation is 1. The number of benzene rings is 2. The fourth-order valence-corrected chi connectivity index (χ4v) is 16.1. The summed E-state index contributed by atoms with van der Waals surface area (Å²) in [6.45, 7) is 11.1. The Kier molecular flexibility index (Phi) is 52.1. The lowest BCUT2D eigenvalue weighted by Crippen LogP contribution is -2.46. The molecule has 510 valence electrons. The van der Waals surface area contributed by atoms with E-state index in [2.05, 4.69) is 57.2 Å². The number of sulfone groups is 2. The maximum atomic E-state index is 13.7. The molecule has 0 aliphatic carbocycles. The van der Waals surface area contributed by atoms with Gasteiger partial charge in [0.05, 0.1) is 42.3 Å². The van der Waals surface area contributed by atoms with Crippen LogP contribution in [-0.2, 0) is 53.0 Å². The predicted molar refractivity (Wildman–Crippen MR) is 376 cm³/mol. The van der Waals surface area contributed by atoms with Gasteiger partial charge in [0.2, 0.25) is 0 Å². The molecule has 0 aromatic heterocycles. The molecule has 4 unspecified atom stereocenters. The molecule has 90 heavy (non-hydrogen) atoms. The Bertz CT molecular complexity index is 2500. The van der Waals surface area contributed by atoms with E-state index in [-0.39, 0.29) is 29.7 Å². The van der Waals surface area contributed by atoms with Crippen molar-refractivity contribution in [3.05, 3.63) is 133 Å². The van der Waals surface area contributed by atoms with E-state index in [1.54, 1.807) is 48.7 Å².